The number of carbonyl (C=O) groups is 9. The minimum absolute atomic E-state index is 0.00272. The maximum Gasteiger partial charge on any atom is 0.338 e. The lowest BCUT2D eigenvalue weighted by Crippen LogP contribution is -2.42. The molecule has 6 N–H and O–H groups in total. The SMILES string of the molecule is CCCCCCCCOc1cc(OCCCCCCCC)c(C(=O)NCC(=O)Nc2ccc(OCCCCCCCC)c(C(=O)NCC(=O)Nc3cc(NC(=O)CCCCC)cc(C(=O)OCCN4C(=O)c5cccc6c(Oc7ccccc7C(C)(C)C)ccc(c56)C4=O)c3)c2)cc1C(=O)NCCCCCC. The quantitative estimate of drug-likeness (QED) is 0.0118. The average molecular weight is 1470 g/mol. The van der Waals surface area contributed by atoms with Gasteiger partial charge in [-0.2, -0.15) is 0 Å². The van der Waals surface area contributed by atoms with Crippen molar-refractivity contribution in [1.29, 1.82) is 0 Å². The van der Waals surface area contributed by atoms with E-state index in [1.165, 1.54) is 36.8 Å². The summed E-state index contributed by atoms with van der Waals surface area (Å²) in [5.74, 6) is -3.64. The van der Waals surface area contributed by atoms with Gasteiger partial charge in [-0.3, -0.25) is 43.3 Å². The lowest BCUT2D eigenvalue weighted by Gasteiger charge is -2.28. The molecule has 0 saturated carbocycles. The Labute approximate surface area is 632 Å². The maximum atomic E-state index is 14.3. The molecular weight excluding hydrogens is 1350 g/mol. The number of carbonyl (C=O) groups excluding carboxylic acids is 9. The summed E-state index contributed by atoms with van der Waals surface area (Å²) in [5.41, 5.74) is 1.89. The van der Waals surface area contributed by atoms with Crippen molar-refractivity contribution in [3.05, 3.63) is 142 Å². The molecule has 0 fully saturated rings. The molecule has 1 aliphatic rings. The van der Waals surface area contributed by atoms with Gasteiger partial charge >= 0.3 is 5.97 Å². The number of benzene rings is 6. The topological polar surface area (TPSA) is 275 Å². The summed E-state index contributed by atoms with van der Waals surface area (Å²) in [6, 6.07) is 28.0. The fourth-order valence-corrected chi connectivity index (χ4v) is 12.7. The molecule has 0 atom stereocenters. The average Bonchev–Trinajstić information content (AvgIpc) is 0.739. The summed E-state index contributed by atoms with van der Waals surface area (Å²) in [6.45, 7) is 16.5. The molecule has 8 amide bonds. The van der Waals surface area contributed by atoms with Gasteiger partial charge in [0.05, 0.1) is 61.7 Å². The number of anilines is 3. The summed E-state index contributed by atoms with van der Waals surface area (Å²) in [6.07, 6.45) is 24.7. The number of para-hydroxylation sites is 1. The van der Waals surface area contributed by atoms with Crippen LogP contribution < -0.4 is 50.8 Å². The number of amides is 8. The van der Waals surface area contributed by atoms with Crippen molar-refractivity contribution in [2.24, 2.45) is 0 Å². The van der Waals surface area contributed by atoms with Crippen molar-refractivity contribution in [2.45, 2.75) is 228 Å². The highest BCUT2D eigenvalue weighted by Crippen LogP contribution is 2.41. The number of nitrogens with one attached hydrogen (secondary N) is 6. The van der Waals surface area contributed by atoms with Crippen LogP contribution in [0.15, 0.2) is 103 Å². The Kier molecular flexibility index (Phi) is 35.5. The molecule has 7 rings (SSSR count). The summed E-state index contributed by atoms with van der Waals surface area (Å²) in [5, 5.41) is 17.7. The van der Waals surface area contributed by atoms with Crippen LogP contribution in [0, 0.1) is 0 Å². The van der Waals surface area contributed by atoms with Crippen LogP contribution in [0.2, 0.25) is 0 Å². The molecule has 0 bridgehead atoms. The maximum absolute atomic E-state index is 14.3. The Balaban J connectivity index is 1.04. The third-order valence-electron chi connectivity index (χ3n) is 18.6. The number of hydrogen-bond donors (Lipinski definition) is 6. The van der Waals surface area contributed by atoms with Gasteiger partial charge in [-0.05, 0) is 104 Å². The van der Waals surface area contributed by atoms with Crippen LogP contribution in [0.1, 0.15) is 290 Å². The van der Waals surface area contributed by atoms with Gasteiger partial charge in [0.25, 0.3) is 29.5 Å². The first-order valence-electron chi connectivity index (χ1n) is 39.2. The molecule has 1 heterocycles. The molecule has 6 aromatic rings. The van der Waals surface area contributed by atoms with Gasteiger partial charge in [0.2, 0.25) is 17.7 Å². The van der Waals surface area contributed by atoms with Crippen molar-refractivity contribution in [2.75, 3.05) is 68.6 Å². The Morgan fingerprint density at radius 2 is 0.879 bits per heavy atom. The second-order valence-corrected chi connectivity index (χ2v) is 28.6. The Bertz CT molecular complexity index is 3930. The minimum Gasteiger partial charge on any atom is -0.493 e. The predicted molar refractivity (Wildman–Crippen MR) is 422 cm³/mol. The fourth-order valence-electron chi connectivity index (χ4n) is 12.7. The molecule has 21 nitrogen and oxygen atoms in total. The van der Waals surface area contributed by atoms with Crippen LogP contribution in [0.4, 0.5) is 17.1 Å². The standard InChI is InChI=1S/C86H115N7O14/c1-9-14-19-23-26-33-48-103-71-44-42-61(90-77(95)58-89-82(99)69-56-68(80(97)87-46-32-22-17-12-4)74(104-49-34-27-24-20-15-10-2)57-75(69)105-50-35-28-25-21-16-11-3)55-67(71)81(98)88-59-78(96)92-63-53-60(52-62(54-63)91-76(94)41-29-18-13-5)85(102)106-51-47-93-83(100)65-38-36-37-64-72(45-43-66(79(64)65)84(93)101)107-73-40-31-30-39-70(73)86(6,7)8/h30-31,36-40,42-45,52-57H,9-29,32-35,41,46-51,58-59H2,1-8H3,(H,87,97)(H,88,98)(H,89,99)(H,90,95)(H,91,94)(H,92,96). The van der Waals surface area contributed by atoms with E-state index in [9.17, 15) is 43.2 Å². The van der Waals surface area contributed by atoms with E-state index in [2.05, 4.69) is 80.4 Å². The third-order valence-corrected chi connectivity index (χ3v) is 18.6. The largest absolute Gasteiger partial charge is 0.493 e. The van der Waals surface area contributed by atoms with Gasteiger partial charge in [0, 0.05) is 63.6 Å². The Morgan fingerprint density at radius 1 is 0.402 bits per heavy atom. The number of esters is 1. The van der Waals surface area contributed by atoms with Crippen LogP contribution in [0.5, 0.6) is 28.7 Å². The Hall–Kier alpha value is -9.79. The summed E-state index contributed by atoms with van der Waals surface area (Å²) in [4.78, 5) is 127. The molecule has 0 aromatic heterocycles. The van der Waals surface area contributed by atoms with Gasteiger partial charge < -0.3 is 55.6 Å². The second kappa shape index (κ2) is 45.0. The Morgan fingerprint density at radius 3 is 1.45 bits per heavy atom. The third kappa shape index (κ3) is 26.9. The zero-order valence-corrected chi connectivity index (χ0v) is 64.5. The number of rotatable bonds is 49. The lowest BCUT2D eigenvalue weighted by molar-refractivity contribution is -0.116. The molecule has 0 aliphatic carbocycles. The first kappa shape index (κ1) is 84.5. The number of ether oxygens (including phenoxy) is 5. The van der Waals surface area contributed by atoms with Crippen LogP contribution in [0.25, 0.3) is 10.8 Å². The van der Waals surface area contributed by atoms with E-state index < -0.39 is 61.1 Å². The number of imide groups is 1. The summed E-state index contributed by atoms with van der Waals surface area (Å²) in [7, 11) is 0. The molecule has 107 heavy (non-hydrogen) atoms. The van der Waals surface area contributed by atoms with E-state index in [4.69, 9.17) is 23.7 Å². The van der Waals surface area contributed by atoms with E-state index in [1.54, 1.807) is 48.5 Å². The highest BCUT2D eigenvalue weighted by atomic mass is 16.5. The molecule has 6 aromatic carbocycles. The molecule has 0 saturated heterocycles. The van der Waals surface area contributed by atoms with E-state index in [0.717, 1.165) is 152 Å². The van der Waals surface area contributed by atoms with Gasteiger partial charge in [0.15, 0.2) is 0 Å². The van der Waals surface area contributed by atoms with Gasteiger partial charge in [-0.15, -0.1) is 0 Å². The van der Waals surface area contributed by atoms with Crippen LogP contribution in [-0.2, 0) is 24.5 Å². The van der Waals surface area contributed by atoms with E-state index in [1.807, 2.05) is 31.2 Å². The molecule has 21 heteroatoms. The fraction of sp³-hybridized carbons (Fsp3) is 0.500. The first-order valence-corrected chi connectivity index (χ1v) is 39.2. The van der Waals surface area contributed by atoms with Crippen molar-refractivity contribution in [3.8, 4) is 28.7 Å². The zero-order valence-electron chi connectivity index (χ0n) is 64.5. The van der Waals surface area contributed by atoms with Crippen LogP contribution in [-0.4, -0.2) is 111 Å². The van der Waals surface area contributed by atoms with Crippen molar-refractivity contribution in [1.82, 2.24) is 20.9 Å². The van der Waals surface area contributed by atoms with Gasteiger partial charge in [-0.25, -0.2) is 4.79 Å². The van der Waals surface area contributed by atoms with Crippen LogP contribution in [0.3, 0.4) is 0 Å². The molecule has 0 radical (unpaired) electrons. The highest BCUT2D eigenvalue weighted by molar-refractivity contribution is 6.26. The van der Waals surface area contributed by atoms with Crippen molar-refractivity contribution >= 4 is 81.1 Å². The number of nitrogens with zero attached hydrogens (tertiary/aromatic N) is 1. The summed E-state index contributed by atoms with van der Waals surface area (Å²) >= 11 is 0. The van der Waals surface area contributed by atoms with Gasteiger partial charge in [-0.1, -0.05) is 214 Å². The molecule has 578 valence electrons. The molecule has 0 unspecified atom stereocenters. The highest BCUT2D eigenvalue weighted by Gasteiger charge is 2.34. The van der Waals surface area contributed by atoms with E-state index >= 15 is 0 Å². The molecular formula is C86H115N7O14. The normalized spacial score (nSPS) is 11.8. The molecule has 1 aliphatic heterocycles. The monoisotopic (exact) mass is 1470 g/mol. The minimum atomic E-state index is -0.883. The number of unbranched alkanes of at least 4 members (excludes halogenated alkanes) is 20. The van der Waals surface area contributed by atoms with Crippen LogP contribution >= 0.6 is 0 Å². The predicted octanol–water partition coefficient (Wildman–Crippen LogP) is 18.2. The first-order chi connectivity index (χ1) is 51.8. The molecule has 0 spiro atoms. The van der Waals surface area contributed by atoms with E-state index in [-0.39, 0.29) is 98.7 Å². The van der Waals surface area contributed by atoms with E-state index in [0.29, 0.717) is 60.6 Å². The van der Waals surface area contributed by atoms with Crippen molar-refractivity contribution < 1.29 is 66.8 Å². The lowest BCUT2D eigenvalue weighted by atomic mass is 9.86. The second-order valence-electron chi connectivity index (χ2n) is 28.6. The zero-order chi connectivity index (χ0) is 76.9. The number of hydrogen-bond acceptors (Lipinski definition) is 14. The van der Waals surface area contributed by atoms with Crippen molar-refractivity contribution in [3.63, 3.8) is 0 Å². The summed E-state index contributed by atoms with van der Waals surface area (Å²) < 4.78 is 31.0. The smallest absolute Gasteiger partial charge is 0.338 e. The van der Waals surface area contributed by atoms with Gasteiger partial charge in [0.1, 0.15) is 35.4 Å².